The summed E-state index contributed by atoms with van der Waals surface area (Å²) in [7, 11) is 1.77. The van der Waals surface area contributed by atoms with Crippen molar-refractivity contribution >= 4 is 11.6 Å². The standard InChI is InChI=1S/C18H22N4O2/c1-4-22-12-14(24-17-8-6-5-7-16(17)22)11-21(3)18(23)15-10-19-13(2)9-20-15/h5-10,14H,4,11-12H2,1-3H3. The Bertz CT molecular complexity index is 717. The number of hydrogen-bond donors (Lipinski definition) is 0. The van der Waals surface area contributed by atoms with Crippen molar-refractivity contribution in [2.75, 3.05) is 31.6 Å². The summed E-state index contributed by atoms with van der Waals surface area (Å²) in [5, 5.41) is 0. The summed E-state index contributed by atoms with van der Waals surface area (Å²) in [5.41, 5.74) is 2.25. The van der Waals surface area contributed by atoms with Crippen LogP contribution in [0.4, 0.5) is 5.69 Å². The lowest BCUT2D eigenvalue weighted by Crippen LogP contribution is -2.47. The molecule has 6 heteroatoms. The van der Waals surface area contributed by atoms with Crippen molar-refractivity contribution in [1.29, 1.82) is 0 Å². The maximum Gasteiger partial charge on any atom is 0.273 e. The van der Waals surface area contributed by atoms with Gasteiger partial charge in [-0.05, 0) is 26.0 Å². The van der Waals surface area contributed by atoms with Crippen LogP contribution in [0.15, 0.2) is 36.7 Å². The maximum atomic E-state index is 12.5. The van der Waals surface area contributed by atoms with Crippen LogP contribution < -0.4 is 9.64 Å². The second-order valence-electron chi connectivity index (χ2n) is 5.97. The summed E-state index contributed by atoms with van der Waals surface area (Å²) < 4.78 is 6.07. The second kappa shape index (κ2) is 6.86. The van der Waals surface area contributed by atoms with Crippen LogP contribution in [0.2, 0.25) is 0 Å². The maximum absolute atomic E-state index is 12.5. The number of likely N-dealkylation sites (N-methyl/N-ethyl adjacent to an activating group) is 2. The number of carbonyl (C=O) groups excluding carboxylic acids is 1. The molecule has 2 aromatic rings. The van der Waals surface area contributed by atoms with E-state index < -0.39 is 0 Å². The van der Waals surface area contributed by atoms with Crippen LogP contribution >= 0.6 is 0 Å². The SMILES string of the molecule is CCN1CC(CN(C)C(=O)c2cnc(C)cn2)Oc2ccccc21. The van der Waals surface area contributed by atoms with Gasteiger partial charge in [-0.2, -0.15) is 0 Å². The highest BCUT2D eigenvalue weighted by Gasteiger charge is 2.27. The van der Waals surface area contributed by atoms with E-state index >= 15 is 0 Å². The molecule has 1 atom stereocenters. The van der Waals surface area contributed by atoms with Gasteiger partial charge in [-0.25, -0.2) is 4.98 Å². The van der Waals surface area contributed by atoms with Gasteiger partial charge in [0.1, 0.15) is 17.5 Å². The van der Waals surface area contributed by atoms with Crippen LogP contribution in [0, 0.1) is 6.92 Å². The first kappa shape index (κ1) is 16.2. The lowest BCUT2D eigenvalue weighted by molar-refractivity contribution is 0.0703. The Morgan fingerprint density at radius 3 is 2.83 bits per heavy atom. The van der Waals surface area contributed by atoms with Crippen molar-refractivity contribution in [3.05, 3.63) is 48.0 Å². The molecule has 0 bridgehead atoms. The summed E-state index contributed by atoms with van der Waals surface area (Å²) in [6.45, 7) is 6.12. The average Bonchev–Trinajstić information content (AvgIpc) is 2.61. The zero-order valence-electron chi connectivity index (χ0n) is 14.3. The lowest BCUT2D eigenvalue weighted by atomic mass is 10.2. The third-order valence-corrected chi connectivity index (χ3v) is 4.13. The van der Waals surface area contributed by atoms with E-state index in [1.165, 1.54) is 6.20 Å². The minimum absolute atomic E-state index is 0.0767. The number of amides is 1. The molecule has 1 unspecified atom stereocenters. The van der Waals surface area contributed by atoms with Gasteiger partial charge < -0.3 is 14.5 Å². The number of aromatic nitrogens is 2. The summed E-state index contributed by atoms with van der Waals surface area (Å²) in [6, 6.07) is 8.01. The van der Waals surface area contributed by atoms with Crippen LogP contribution in [-0.2, 0) is 0 Å². The molecule has 0 fully saturated rings. The summed E-state index contributed by atoms with van der Waals surface area (Å²) in [4.78, 5) is 24.7. The molecule has 1 aliphatic rings. The molecule has 1 aliphatic heterocycles. The number of hydrogen-bond acceptors (Lipinski definition) is 5. The molecule has 6 nitrogen and oxygen atoms in total. The van der Waals surface area contributed by atoms with Crippen molar-refractivity contribution in [1.82, 2.24) is 14.9 Å². The summed E-state index contributed by atoms with van der Waals surface area (Å²) >= 11 is 0. The predicted octanol–water partition coefficient (Wildman–Crippen LogP) is 2.14. The highest BCUT2D eigenvalue weighted by atomic mass is 16.5. The van der Waals surface area contributed by atoms with Gasteiger partial charge in [0.2, 0.25) is 0 Å². The number of para-hydroxylation sites is 2. The fourth-order valence-electron chi connectivity index (χ4n) is 2.86. The largest absolute Gasteiger partial charge is 0.485 e. The molecule has 0 saturated heterocycles. The monoisotopic (exact) mass is 326 g/mol. The molecule has 0 saturated carbocycles. The quantitative estimate of drug-likeness (QED) is 0.861. The lowest BCUT2D eigenvalue weighted by Gasteiger charge is -2.37. The van der Waals surface area contributed by atoms with Gasteiger partial charge in [-0.3, -0.25) is 9.78 Å². The number of fused-ring (bicyclic) bond motifs is 1. The number of aryl methyl sites for hydroxylation is 1. The zero-order valence-corrected chi connectivity index (χ0v) is 14.3. The van der Waals surface area contributed by atoms with Gasteiger partial charge in [-0.15, -0.1) is 0 Å². The second-order valence-corrected chi connectivity index (χ2v) is 5.97. The van der Waals surface area contributed by atoms with Crippen molar-refractivity contribution in [2.45, 2.75) is 20.0 Å². The smallest absolute Gasteiger partial charge is 0.273 e. The normalized spacial score (nSPS) is 16.3. The molecule has 126 valence electrons. The minimum Gasteiger partial charge on any atom is -0.485 e. The number of rotatable bonds is 4. The Labute approximate surface area is 142 Å². The van der Waals surface area contributed by atoms with Crippen molar-refractivity contribution in [2.24, 2.45) is 0 Å². The number of anilines is 1. The number of nitrogens with zero attached hydrogens (tertiary/aromatic N) is 4. The van der Waals surface area contributed by atoms with Gasteiger partial charge in [0, 0.05) is 19.8 Å². The molecule has 1 amide bonds. The molecule has 1 aromatic heterocycles. The predicted molar refractivity (Wildman–Crippen MR) is 92.5 cm³/mol. The molecule has 0 spiro atoms. The molecule has 24 heavy (non-hydrogen) atoms. The minimum atomic E-state index is -0.145. The van der Waals surface area contributed by atoms with Crippen molar-refractivity contribution in [3.63, 3.8) is 0 Å². The first-order valence-corrected chi connectivity index (χ1v) is 8.13. The van der Waals surface area contributed by atoms with Crippen LogP contribution in [0.3, 0.4) is 0 Å². The van der Waals surface area contributed by atoms with E-state index in [1.807, 2.05) is 25.1 Å². The molecular weight excluding hydrogens is 304 g/mol. The number of benzene rings is 1. The Hall–Kier alpha value is -2.63. The number of carbonyl (C=O) groups is 1. The van der Waals surface area contributed by atoms with E-state index in [0.29, 0.717) is 12.2 Å². The Balaban J connectivity index is 1.70. The average molecular weight is 326 g/mol. The fourth-order valence-corrected chi connectivity index (χ4v) is 2.86. The van der Waals surface area contributed by atoms with Crippen LogP contribution in [-0.4, -0.2) is 53.6 Å². The molecular formula is C18H22N4O2. The van der Waals surface area contributed by atoms with Gasteiger partial charge in [0.15, 0.2) is 0 Å². The third-order valence-electron chi connectivity index (χ3n) is 4.13. The Morgan fingerprint density at radius 1 is 1.33 bits per heavy atom. The molecule has 1 aromatic carbocycles. The van der Waals surface area contributed by atoms with Crippen LogP contribution in [0.1, 0.15) is 23.1 Å². The summed E-state index contributed by atoms with van der Waals surface area (Å²) in [5.74, 6) is 0.722. The molecule has 0 aliphatic carbocycles. The van der Waals surface area contributed by atoms with E-state index in [2.05, 4.69) is 27.9 Å². The van der Waals surface area contributed by atoms with E-state index in [-0.39, 0.29) is 12.0 Å². The Morgan fingerprint density at radius 2 is 2.12 bits per heavy atom. The highest BCUT2D eigenvalue weighted by Crippen LogP contribution is 2.32. The van der Waals surface area contributed by atoms with Crippen molar-refractivity contribution < 1.29 is 9.53 Å². The first-order valence-electron chi connectivity index (χ1n) is 8.13. The molecule has 3 rings (SSSR count). The van der Waals surface area contributed by atoms with Crippen LogP contribution in [0.5, 0.6) is 5.75 Å². The van der Waals surface area contributed by atoms with Gasteiger partial charge in [0.05, 0.1) is 30.7 Å². The highest BCUT2D eigenvalue weighted by molar-refractivity contribution is 5.91. The Kier molecular flexibility index (Phi) is 4.64. The van der Waals surface area contributed by atoms with Gasteiger partial charge in [-0.1, -0.05) is 12.1 Å². The molecule has 2 heterocycles. The van der Waals surface area contributed by atoms with Gasteiger partial charge >= 0.3 is 0 Å². The third kappa shape index (κ3) is 3.32. The molecule has 0 radical (unpaired) electrons. The van der Waals surface area contributed by atoms with Crippen molar-refractivity contribution in [3.8, 4) is 5.75 Å². The van der Waals surface area contributed by atoms with E-state index in [0.717, 1.165) is 30.2 Å². The van der Waals surface area contributed by atoms with Crippen LogP contribution in [0.25, 0.3) is 0 Å². The topological polar surface area (TPSA) is 58.6 Å². The first-order chi connectivity index (χ1) is 11.6. The molecule has 0 N–H and O–H groups in total. The zero-order chi connectivity index (χ0) is 17.1. The van der Waals surface area contributed by atoms with E-state index in [4.69, 9.17) is 4.74 Å². The van der Waals surface area contributed by atoms with Gasteiger partial charge in [0.25, 0.3) is 5.91 Å². The number of ether oxygens (including phenoxy) is 1. The van der Waals surface area contributed by atoms with E-state index in [1.54, 1.807) is 18.1 Å². The van der Waals surface area contributed by atoms with E-state index in [9.17, 15) is 4.79 Å². The summed E-state index contributed by atoms with van der Waals surface area (Å²) in [6.07, 6.45) is 3.05. The fraction of sp³-hybridized carbons (Fsp3) is 0.389.